The van der Waals surface area contributed by atoms with Crippen LogP contribution in [0.4, 0.5) is 5.82 Å². The number of aromatic nitrogens is 3. The van der Waals surface area contributed by atoms with Gasteiger partial charge in [0.1, 0.15) is 5.82 Å². The van der Waals surface area contributed by atoms with Crippen LogP contribution in [0.2, 0.25) is 0 Å². The molecule has 0 aliphatic carbocycles. The van der Waals surface area contributed by atoms with Crippen LogP contribution >= 0.6 is 27.3 Å². The predicted molar refractivity (Wildman–Crippen MR) is 118 cm³/mol. The highest BCUT2D eigenvalue weighted by Crippen LogP contribution is 2.36. The van der Waals surface area contributed by atoms with Gasteiger partial charge in [0.25, 0.3) is 5.91 Å². The second-order valence-corrected chi connectivity index (χ2v) is 8.38. The quantitative estimate of drug-likeness (QED) is 0.440. The van der Waals surface area contributed by atoms with Crippen molar-refractivity contribution in [2.75, 3.05) is 12.1 Å². The van der Waals surface area contributed by atoms with E-state index < -0.39 is 0 Å². The lowest BCUT2D eigenvalue weighted by Gasteiger charge is -2.07. The van der Waals surface area contributed by atoms with Crippen LogP contribution in [0.1, 0.15) is 16.1 Å². The Morgan fingerprint density at radius 3 is 2.77 bits per heavy atom. The van der Waals surface area contributed by atoms with E-state index in [0.717, 1.165) is 27.2 Å². The van der Waals surface area contributed by atoms with Gasteiger partial charge in [0, 0.05) is 27.0 Å². The summed E-state index contributed by atoms with van der Waals surface area (Å²) < 4.78 is 13.4. The molecule has 0 atom stereocenters. The average Bonchev–Trinajstić information content (AvgIpc) is 3.47. The van der Waals surface area contributed by atoms with Crippen LogP contribution in [0, 0.1) is 6.92 Å². The number of carbonyl (C=O) groups is 1. The Labute approximate surface area is 184 Å². The number of thiazole rings is 1. The normalized spacial score (nSPS) is 12.2. The molecule has 1 amide bonds. The molecule has 0 bridgehead atoms. The second kappa shape index (κ2) is 7.58. The zero-order valence-corrected chi connectivity index (χ0v) is 18.2. The molecule has 9 heteroatoms. The molecule has 0 saturated carbocycles. The molecule has 0 fully saturated rings. The molecule has 30 heavy (non-hydrogen) atoms. The van der Waals surface area contributed by atoms with Crippen molar-refractivity contribution in [3.63, 3.8) is 0 Å². The SMILES string of the molecule is Cc1cc(NC(=O)c2ccc(Br)cc2)n(-c2nc(-c3ccc4c(c3)OCO4)cs2)n1. The van der Waals surface area contributed by atoms with Crippen LogP contribution in [0.5, 0.6) is 11.5 Å². The van der Waals surface area contributed by atoms with Crippen molar-refractivity contribution in [3.05, 3.63) is 69.6 Å². The van der Waals surface area contributed by atoms with E-state index in [-0.39, 0.29) is 12.7 Å². The highest BCUT2D eigenvalue weighted by Gasteiger charge is 2.18. The number of benzene rings is 2. The summed E-state index contributed by atoms with van der Waals surface area (Å²) in [4.78, 5) is 17.3. The van der Waals surface area contributed by atoms with Crippen molar-refractivity contribution < 1.29 is 14.3 Å². The van der Waals surface area contributed by atoms with E-state index in [1.165, 1.54) is 11.3 Å². The third-order valence-corrected chi connectivity index (χ3v) is 5.87. The molecule has 5 rings (SSSR count). The first kappa shape index (κ1) is 18.8. The average molecular weight is 483 g/mol. The van der Waals surface area contributed by atoms with Crippen molar-refractivity contribution in [1.29, 1.82) is 0 Å². The fourth-order valence-electron chi connectivity index (χ4n) is 3.07. The molecule has 0 unspecified atom stereocenters. The fraction of sp³-hybridized carbons (Fsp3) is 0.0952. The van der Waals surface area contributed by atoms with Crippen molar-refractivity contribution in [2.45, 2.75) is 6.92 Å². The van der Waals surface area contributed by atoms with Crippen LogP contribution in [-0.2, 0) is 0 Å². The molecular weight excluding hydrogens is 468 g/mol. The van der Waals surface area contributed by atoms with Gasteiger partial charge in [-0.15, -0.1) is 11.3 Å². The van der Waals surface area contributed by atoms with Crippen molar-refractivity contribution in [2.24, 2.45) is 0 Å². The topological polar surface area (TPSA) is 78.3 Å². The molecular formula is C21H15BrN4O3S. The smallest absolute Gasteiger partial charge is 0.256 e. The van der Waals surface area contributed by atoms with Gasteiger partial charge in [-0.3, -0.25) is 4.79 Å². The number of halogens is 1. The molecule has 0 saturated heterocycles. The third-order valence-electron chi connectivity index (χ3n) is 4.52. The summed E-state index contributed by atoms with van der Waals surface area (Å²) in [6.07, 6.45) is 0. The Kier molecular flexibility index (Phi) is 4.76. The molecule has 2 aromatic carbocycles. The molecule has 150 valence electrons. The van der Waals surface area contributed by atoms with Gasteiger partial charge >= 0.3 is 0 Å². The van der Waals surface area contributed by atoms with E-state index in [1.54, 1.807) is 16.8 Å². The van der Waals surface area contributed by atoms with Gasteiger partial charge in [0.2, 0.25) is 11.9 Å². The lowest BCUT2D eigenvalue weighted by molar-refractivity contribution is 0.102. The number of anilines is 1. The number of ether oxygens (including phenoxy) is 2. The number of nitrogens with zero attached hydrogens (tertiary/aromatic N) is 3. The first-order valence-corrected chi connectivity index (χ1v) is 10.7. The van der Waals surface area contributed by atoms with E-state index >= 15 is 0 Å². The maximum atomic E-state index is 12.6. The Morgan fingerprint density at radius 2 is 1.93 bits per heavy atom. The fourth-order valence-corrected chi connectivity index (χ4v) is 4.13. The predicted octanol–water partition coefficient (Wildman–Crippen LogP) is 5.05. The number of rotatable bonds is 4. The summed E-state index contributed by atoms with van der Waals surface area (Å²) in [5, 5.41) is 10.0. The summed E-state index contributed by atoms with van der Waals surface area (Å²) in [7, 11) is 0. The van der Waals surface area contributed by atoms with Crippen molar-refractivity contribution >= 4 is 39.0 Å². The molecule has 4 aromatic rings. The molecule has 3 heterocycles. The highest BCUT2D eigenvalue weighted by atomic mass is 79.9. The monoisotopic (exact) mass is 482 g/mol. The molecule has 0 radical (unpaired) electrons. The molecule has 0 spiro atoms. The minimum atomic E-state index is -0.212. The summed E-state index contributed by atoms with van der Waals surface area (Å²) in [5.74, 6) is 1.79. The molecule has 1 N–H and O–H groups in total. The van der Waals surface area contributed by atoms with Gasteiger partial charge in [-0.25, -0.2) is 4.98 Å². The Bertz CT molecular complexity index is 1250. The van der Waals surface area contributed by atoms with Crippen molar-refractivity contribution in [3.8, 4) is 27.9 Å². The van der Waals surface area contributed by atoms with E-state index in [2.05, 4.69) is 26.3 Å². The first-order valence-electron chi connectivity index (χ1n) is 9.06. The van der Waals surface area contributed by atoms with Gasteiger partial charge in [-0.2, -0.15) is 9.78 Å². The molecule has 1 aliphatic heterocycles. The number of fused-ring (bicyclic) bond motifs is 1. The number of nitrogens with one attached hydrogen (secondary N) is 1. The van der Waals surface area contributed by atoms with Gasteiger partial charge < -0.3 is 14.8 Å². The number of hydrogen-bond donors (Lipinski definition) is 1. The van der Waals surface area contributed by atoms with Crippen LogP contribution in [-0.4, -0.2) is 27.5 Å². The molecule has 2 aromatic heterocycles. The largest absolute Gasteiger partial charge is 0.454 e. The van der Waals surface area contributed by atoms with Crippen LogP contribution in [0.15, 0.2) is 58.4 Å². The Balaban J connectivity index is 1.43. The second-order valence-electron chi connectivity index (χ2n) is 6.63. The lowest BCUT2D eigenvalue weighted by Crippen LogP contribution is -2.15. The Morgan fingerprint density at radius 1 is 1.13 bits per heavy atom. The van der Waals surface area contributed by atoms with Gasteiger partial charge in [0.15, 0.2) is 11.5 Å². The Hall–Kier alpha value is -3.17. The lowest BCUT2D eigenvalue weighted by atomic mass is 10.1. The van der Waals surface area contributed by atoms with E-state index in [4.69, 9.17) is 14.5 Å². The third kappa shape index (κ3) is 3.57. The highest BCUT2D eigenvalue weighted by molar-refractivity contribution is 9.10. The number of aryl methyl sites for hydroxylation is 1. The van der Waals surface area contributed by atoms with E-state index in [0.29, 0.717) is 22.3 Å². The number of carbonyl (C=O) groups excluding carboxylic acids is 1. The van der Waals surface area contributed by atoms with Crippen LogP contribution in [0.25, 0.3) is 16.4 Å². The van der Waals surface area contributed by atoms with E-state index in [1.807, 2.05) is 48.7 Å². The maximum absolute atomic E-state index is 12.6. The first-order chi connectivity index (χ1) is 14.6. The number of hydrogen-bond acceptors (Lipinski definition) is 6. The number of amides is 1. The molecule has 1 aliphatic rings. The maximum Gasteiger partial charge on any atom is 0.256 e. The zero-order chi connectivity index (χ0) is 20.7. The van der Waals surface area contributed by atoms with Crippen LogP contribution < -0.4 is 14.8 Å². The summed E-state index contributed by atoms with van der Waals surface area (Å²) in [6.45, 7) is 2.10. The van der Waals surface area contributed by atoms with Gasteiger partial charge in [0.05, 0.1) is 11.4 Å². The minimum absolute atomic E-state index is 0.212. The van der Waals surface area contributed by atoms with Gasteiger partial charge in [-0.05, 0) is 49.4 Å². The van der Waals surface area contributed by atoms with Crippen molar-refractivity contribution in [1.82, 2.24) is 14.8 Å². The summed E-state index contributed by atoms with van der Waals surface area (Å²) in [5.41, 5.74) is 3.06. The van der Waals surface area contributed by atoms with Crippen LogP contribution in [0.3, 0.4) is 0 Å². The molecule has 7 nitrogen and oxygen atoms in total. The van der Waals surface area contributed by atoms with Gasteiger partial charge in [-0.1, -0.05) is 15.9 Å². The summed E-state index contributed by atoms with van der Waals surface area (Å²) >= 11 is 4.82. The minimum Gasteiger partial charge on any atom is -0.454 e. The summed E-state index contributed by atoms with van der Waals surface area (Å²) in [6, 6.07) is 14.7. The zero-order valence-electron chi connectivity index (χ0n) is 15.8. The van der Waals surface area contributed by atoms with E-state index in [9.17, 15) is 4.79 Å². The standard InChI is InChI=1S/C21H15BrN4O3S/c1-12-8-19(24-20(27)13-2-5-15(22)6-3-13)26(25-12)21-23-16(10-30-21)14-4-7-17-18(9-14)29-11-28-17/h2-10H,11H2,1H3,(H,24,27).